The number of hydrogen-bond acceptors (Lipinski definition) is 5. The summed E-state index contributed by atoms with van der Waals surface area (Å²) in [5.74, 6) is 0.932. The van der Waals surface area contributed by atoms with E-state index in [1.807, 2.05) is 10.6 Å². The minimum atomic E-state index is -0.342. The summed E-state index contributed by atoms with van der Waals surface area (Å²) < 4.78 is 20.2. The van der Waals surface area contributed by atoms with Gasteiger partial charge in [-0.3, -0.25) is 9.36 Å². The molecule has 0 aliphatic carbocycles. The van der Waals surface area contributed by atoms with Gasteiger partial charge in [0.1, 0.15) is 5.82 Å². The Hall–Kier alpha value is -2.61. The number of nitrogens with one attached hydrogen (secondary N) is 1. The van der Waals surface area contributed by atoms with E-state index in [0.29, 0.717) is 22.4 Å². The molecule has 2 heterocycles. The third-order valence-corrected chi connectivity index (χ3v) is 4.33. The van der Waals surface area contributed by atoms with Gasteiger partial charge in [0, 0.05) is 12.2 Å². The van der Waals surface area contributed by atoms with E-state index in [0.717, 1.165) is 13.0 Å². The number of furan rings is 1. The van der Waals surface area contributed by atoms with Crippen LogP contribution in [0.2, 0.25) is 0 Å². The van der Waals surface area contributed by atoms with Gasteiger partial charge in [-0.05, 0) is 42.8 Å². The molecule has 130 valence electrons. The number of nitrogens with zero attached hydrogens (tertiary/aromatic N) is 3. The molecule has 0 aliphatic rings. The largest absolute Gasteiger partial charge is 0.461 e. The van der Waals surface area contributed by atoms with Crippen molar-refractivity contribution in [3.05, 3.63) is 48.5 Å². The van der Waals surface area contributed by atoms with E-state index < -0.39 is 0 Å². The van der Waals surface area contributed by atoms with Crippen LogP contribution in [0.3, 0.4) is 0 Å². The van der Waals surface area contributed by atoms with Crippen LogP contribution in [0.15, 0.2) is 52.2 Å². The Morgan fingerprint density at radius 3 is 2.76 bits per heavy atom. The maximum Gasteiger partial charge on any atom is 0.234 e. The van der Waals surface area contributed by atoms with Crippen molar-refractivity contribution in [2.24, 2.45) is 0 Å². The number of thioether (sulfide) groups is 1. The van der Waals surface area contributed by atoms with E-state index in [4.69, 9.17) is 4.42 Å². The predicted octanol–water partition coefficient (Wildman–Crippen LogP) is 3.82. The van der Waals surface area contributed by atoms with Crippen LogP contribution < -0.4 is 5.32 Å². The normalized spacial score (nSPS) is 10.8. The summed E-state index contributed by atoms with van der Waals surface area (Å²) >= 11 is 1.30. The topological polar surface area (TPSA) is 73.0 Å². The molecule has 1 N–H and O–H groups in total. The zero-order valence-electron chi connectivity index (χ0n) is 13.6. The smallest absolute Gasteiger partial charge is 0.234 e. The Morgan fingerprint density at radius 2 is 2.08 bits per heavy atom. The van der Waals surface area contributed by atoms with Crippen LogP contribution in [-0.4, -0.2) is 26.4 Å². The zero-order valence-corrected chi connectivity index (χ0v) is 14.4. The third kappa shape index (κ3) is 4.27. The molecule has 1 amide bonds. The number of carbonyl (C=O) groups excluding carboxylic acids is 1. The van der Waals surface area contributed by atoms with Crippen molar-refractivity contribution in [2.75, 3.05) is 11.1 Å². The van der Waals surface area contributed by atoms with Gasteiger partial charge in [0.05, 0.1) is 12.0 Å². The molecule has 0 saturated heterocycles. The molecule has 25 heavy (non-hydrogen) atoms. The number of carbonyl (C=O) groups is 1. The lowest BCUT2D eigenvalue weighted by molar-refractivity contribution is -0.113. The number of amides is 1. The van der Waals surface area contributed by atoms with Crippen molar-refractivity contribution in [1.29, 1.82) is 0 Å². The van der Waals surface area contributed by atoms with Crippen molar-refractivity contribution >= 4 is 23.4 Å². The predicted molar refractivity (Wildman–Crippen MR) is 93.8 cm³/mol. The van der Waals surface area contributed by atoms with E-state index in [9.17, 15) is 9.18 Å². The summed E-state index contributed by atoms with van der Waals surface area (Å²) in [7, 11) is 0. The molecule has 3 aromatic rings. The molecule has 1 aromatic carbocycles. The second-order valence-electron chi connectivity index (χ2n) is 5.28. The summed E-state index contributed by atoms with van der Waals surface area (Å²) in [6, 6.07) is 9.26. The van der Waals surface area contributed by atoms with E-state index in [1.165, 1.54) is 36.0 Å². The molecule has 0 spiro atoms. The average molecular weight is 360 g/mol. The second kappa shape index (κ2) is 7.98. The van der Waals surface area contributed by atoms with Crippen LogP contribution in [0.5, 0.6) is 0 Å². The molecule has 0 aliphatic heterocycles. The van der Waals surface area contributed by atoms with Gasteiger partial charge >= 0.3 is 0 Å². The SMILES string of the molecule is CCCn1c(SCC(=O)Nc2ccc(F)cc2)nnc1-c1ccco1. The van der Waals surface area contributed by atoms with Crippen LogP contribution >= 0.6 is 11.8 Å². The molecule has 0 bridgehead atoms. The van der Waals surface area contributed by atoms with Gasteiger partial charge in [0.25, 0.3) is 0 Å². The van der Waals surface area contributed by atoms with Crippen LogP contribution in [0.4, 0.5) is 10.1 Å². The Bertz CT molecular complexity index is 831. The molecular weight excluding hydrogens is 343 g/mol. The van der Waals surface area contributed by atoms with E-state index in [2.05, 4.69) is 22.4 Å². The first-order valence-corrected chi connectivity index (χ1v) is 8.81. The highest BCUT2D eigenvalue weighted by Gasteiger charge is 2.16. The average Bonchev–Trinajstić information content (AvgIpc) is 3.25. The van der Waals surface area contributed by atoms with Gasteiger partial charge in [0.15, 0.2) is 16.7 Å². The van der Waals surface area contributed by atoms with Crippen molar-refractivity contribution in [2.45, 2.75) is 25.0 Å². The fourth-order valence-electron chi connectivity index (χ4n) is 2.27. The number of halogens is 1. The lowest BCUT2D eigenvalue weighted by Crippen LogP contribution is -2.14. The summed E-state index contributed by atoms with van der Waals surface area (Å²) in [6.45, 7) is 2.78. The lowest BCUT2D eigenvalue weighted by atomic mass is 10.3. The summed E-state index contributed by atoms with van der Waals surface area (Å²) in [4.78, 5) is 12.1. The van der Waals surface area contributed by atoms with Gasteiger partial charge in [0.2, 0.25) is 5.91 Å². The standard InChI is InChI=1S/C17H17FN4O2S/c1-2-9-22-16(14-4-3-10-24-14)20-21-17(22)25-11-15(23)19-13-7-5-12(18)6-8-13/h3-8,10H,2,9,11H2,1H3,(H,19,23). The highest BCUT2D eigenvalue weighted by Crippen LogP contribution is 2.24. The summed E-state index contributed by atoms with van der Waals surface area (Å²) in [6.07, 6.45) is 2.49. The fraction of sp³-hybridized carbons (Fsp3) is 0.235. The molecule has 6 nitrogen and oxygen atoms in total. The fourth-order valence-corrected chi connectivity index (χ4v) is 3.03. The zero-order chi connectivity index (χ0) is 17.6. The van der Waals surface area contributed by atoms with Crippen molar-refractivity contribution in [3.8, 4) is 11.6 Å². The highest BCUT2D eigenvalue weighted by molar-refractivity contribution is 7.99. The van der Waals surface area contributed by atoms with E-state index in [1.54, 1.807) is 12.3 Å². The minimum Gasteiger partial charge on any atom is -0.461 e. The minimum absolute atomic E-state index is 0.178. The molecule has 2 aromatic heterocycles. The van der Waals surface area contributed by atoms with Crippen LogP contribution in [0, 0.1) is 5.82 Å². The third-order valence-electron chi connectivity index (χ3n) is 3.37. The monoisotopic (exact) mass is 360 g/mol. The number of aromatic nitrogens is 3. The maximum atomic E-state index is 12.9. The molecule has 0 fully saturated rings. The van der Waals surface area contributed by atoms with Crippen LogP contribution in [0.25, 0.3) is 11.6 Å². The highest BCUT2D eigenvalue weighted by atomic mass is 32.2. The van der Waals surface area contributed by atoms with Gasteiger partial charge in [-0.2, -0.15) is 0 Å². The van der Waals surface area contributed by atoms with Gasteiger partial charge in [-0.1, -0.05) is 18.7 Å². The summed E-state index contributed by atoms with van der Waals surface area (Å²) in [5, 5.41) is 11.7. The van der Waals surface area contributed by atoms with Crippen molar-refractivity contribution in [3.63, 3.8) is 0 Å². The Labute approximate surface area is 148 Å². The Balaban J connectivity index is 1.66. The molecule has 3 rings (SSSR count). The molecule has 8 heteroatoms. The Kier molecular flexibility index (Phi) is 5.49. The first-order chi connectivity index (χ1) is 12.2. The van der Waals surface area contributed by atoms with Crippen molar-refractivity contribution in [1.82, 2.24) is 14.8 Å². The van der Waals surface area contributed by atoms with E-state index in [-0.39, 0.29) is 17.5 Å². The number of anilines is 1. The van der Waals surface area contributed by atoms with E-state index >= 15 is 0 Å². The lowest BCUT2D eigenvalue weighted by Gasteiger charge is -2.08. The number of hydrogen-bond donors (Lipinski definition) is 1. The molecule has 0 radical (unpaired) electrons. The first kappa shape index (κ1) is 17.2. The Morgan fingerprint density at radius 1 is 1.28 bits per heavy atom. The van der Waals surface area contributed by atoms with Crippen LogP contribution in [0.1, 0.15) is 13.3 Å². The second-order valence-corrected chi connectivity index (χ2v) is 6.22. The maximum absolute atomic E-state index is 12.9. The van der Waals surface area contributed by atoms with Gasteiger partial charge < -0.3 is 9.73 Å². The summed E-state index contributed by atoms with van der Waals surface area (Å²) in [5.41, 5.74) is 0.554. The molecule has 0 saturated carbocycles. The van der Waals surface area contributed by atoms with Crippen molar-refractivity contribution < 1.29 is 13.6 Å². The quantitative estimate of drug-likeness (QED) is 0.649. The van der Waals surface area contributed by atoms with Gasteiger partial charge in [-0.15, -0.1) is 10.2 Å². The molecule has 0 atom stereocenters. The number of benzene rings is 1. The first-order valence-electron chi connectivity index (χ1n) is 7.82. The number of rotatable bonds is 7. The molecular formula is C17H17FN4O2S. The van der Waals surface area contributed by atoms with Crippen LogP contribution in [-0.2, 0) is 11.3 Å². The molecule has 0 unspecified atom stereocenters. The van der Waals surface area contributed by atoms with Gasteiger partial charge in [-0.25, -0.2) is 4.39 Å².